The predicted octanol–water partition coefficient (Wildman–Crippen LogP) is 1.68. The number of aromatic amines is 1. The van der Waals surface area contributed by atoms with E-state index in [2.05, 4.69) is 20.5 Å². The molecule has 3 heterocycles. The van der Waals surface area contributed by atoms with Gasteiger partial charge in [0.25, 0.3) is 0 Å². The highest BCUT2D eigenvalue weighted by molar-refractivity contribution is 7.99. The smallest absolute Gasteiger partial charge is 0.326 e. The van der Waals surface area contributed by atoms with Crippen molar-refractivity contribution in [3.05, 3.63) is 34.7 Å². The van der Waals surface area contributed by atoms with Crippen molar-refractivity contribution in [3.8, 4) is 0 Å². The number of rotatable bonds is 7. The molecule has 3 aromatic rings. The van der Waals surface area contributed by atoms with Crippen molar-refractivity contribution in [3.63, 3.8) is 0 Å². The fourth-order valence-electron chi connectivity index (χ4n) is 3.11. The monoisotopic (exact) mass is 360 g/mol. The quantitative estimate of drug-likeness (QED) is 0.509. The Morgan fingerprint density at radius 1 is 1.36 bits per heavy atom. The molecule has 1 aliphatic rings. The predicted molar refractivity (Wildman–Crippen MR) is 94.7 cm³/mol. The van der Waals surface area contributed by atoms with E-state index in [1.54, 1.807) is 16.3 Å². The van der Waals surface area contributed by atoms with Crippen LogP contribution in [-0.2, 0) is 17.8 Å². The van der Waals surface area contributed by atoms with Gasteiger partial charge in [0.05, 0.1) is 23.7 Å². The van der Waals surface area contributed by atoms with Gasteiger partial charge in [-0.05, 0) is 41.8 Å². The summed E-state index contributed by atoms with van der Waals surface area (Å²) in [6.45, 7) is 2.20. The van der Waals surface area contributed by atoms with E-state index in [9.17, 15) is 4.79 Å². The van der Waals surface area contributed by atoms with Crippen LogP contribution in [0.2, 0.25) is 0 Å². The van der Waals surface area contributed by atoms with Crippen LogP contribution in [0, 0.1) is 0 Å². The van der Waals surface area contributed by atoms with Gasteiger partial charge >= 0.3 is 5.69 Å². The number of imidazole rings is 1. The van der Waals surface area contributed by atoms with Crippen LogP contribution >= 0.6 is 11.8 Å². The molecule has 0 spiro atoms. The number of nitrogens with zero attached hydrogens (tertiary/aromatic N) is 5. The Morgan fingerprint density at radius 3 is 3.16 bits per heavy atom. The van der Waals surface area contributed by atoms with E-state index in [1.807, 2.05) is 28.9 Å². The Kier molecular flexibility index (Phi) is 4.84. The third kappa shape index (κ3) is 3.62. The Bertz CT molecular complexity index is 895. The minimum atomic E-state index is -0.0607. The number of H-pyrrole nitrogens is 1. The molecule has 132 valence electrons. The lowest BCUT2D eigenvalue weighted by atomic mass is 10.2. The van der Waals surface area contributed by atoms with Gasteiger partial charge in [0.1, 0.15) is 0 Å². The third-order valence-electron chi connectivity index (χ3n) is 4.34. The zero-order chi connectivity index (χ0) is 17.1. The molecule has 2 aromatic heterocycles. The van der Waals surface area contributed by atoms with Gasteiger partial charge in [-0.3, -0.25) is 4.57 Å². The number of hydrogen-bond acceptors (Lipinski definition) is 6. The molecule has 0 radical (unpaired) electrons. The van der Waals surface area contributed by atoms with Crippen LogP contribution < -0.4 is 5.69 Å². The number of nitrogens with one attached hydrogen (secondary N) is 1. The van der Waals surface area contributed by atoms with Crippen LogP contribution in [0.3, 0.4) is 0 Å². The standard InChI is InChI=1S/C16H20N6O2S/c23-15-17-13-6-1-2-7-14(13)21(15)8-4-10-25-16-18-19-20-22(16)11-12-5-3-9-24-12/h1-2,6-7,12H,3-5,8-11H2,(H,17,23). The van der Waals surface area contributed by atoms with E-state index >= 15 is 0 Å². The zero-order valence-electron chi connectivity index (χ0n) is 13.8. The average molecular weight is 360 g/mol. The minimum Gasteiger partial charge on any atom is -0.376 e. The fourth-order valence-corrected chi connectivity index (χ4v) is 3.92. The molecule has 1 N–H and O–H groups in total. The number of aryl methyl sites for hydroxylation is 1. The van der Waals surface area contributed by atoms with Crippen molar-refractivity contribution in [2.75, 3.05) is 12.4 Å². The maximum absolute atomic E-state index is 12.1. The number of tetrazole rings is 1. The molecule has 0 amide bonds. The van der Waals surface area contributed by atoms with Gasteiger partial charge in [-0.1, -0.05) is 23.9 Å². The lowest BCUT2D eigenvalue weighted by molar-refractivity contribution is 0.0912. The van der Waals surface area contributed by atoms with Gasteiger partial charge in [-0.15, -0.1) is 5.10 Å². The molecule has 1 atom stereocenters. The first-order chi connectivity index (χ1) is 12.3. The summed E-state index contributed by atoms with van der Waals surface area (Å²) in [6, 6.07) is 7.75. The number of hydrogen-bond donors (Lipinski definition) is 1. The summed E-state index contributed by atoms with van der Waals surface area (Å²) in [6.07, 6.45) is 3.24. The third-order valence-corrected chi connectivity index (χ3v) is 5.38. The molecule has 8 nitrogen and oxygen atoms in total. The first-order valence-electron chi connectivity index (χ1n) is 8.49. The molecular weight excluding hydrogens is 340 g/mol. The Morgan fingerprint density at radius 2 is 2.28 bits per heavy atom. The normalized spacial score (nSPS) is 17.5. The maximum atomic E-state index is 12.1. The summed E-state index contributed by atoms with van der Waals surface area (Å²) >= 11 is 1.62. The van der Waals surface area contributed by atoms with Crippen molar-refractivity contribution in [2.45, 2.75) is 43.6 Å². The van der Waals surface area contributed by atoms with E-state index in [0.29, 0.717) is 13.1 Å². The van der Waals surface area contributed by atoms with Crippen LogP contribution in [0.25, 0.3) is 11.0 Å². The highest BCUT2D eigenvalue weighted by Gasteiger charge is 2.18. The van der Waals surface area contributed by atoms with E-state index in [4.69, 9.17) is 4.74 Å². The van der Waals surface area contributed by atoms with Gasteiger partial charge < -0.3 is 9.72 Å². The molecule has 1 saturated heterocycles. The second-order valence-corrected chi connectivity index (χ2v) is 7.14. The van der Waals surface area contributed by atoms with Gasteiger partial charge in [-0.2, -0.15) is 0 Å². The lowest BCUT2D eigenvalue weighted by Crippen LogP contribution is -2.18. The summed E-state index contributed by atoms with van der Waals surface area (Å²) in [5.41, 5.74) is 1.76. The molecule has 4 rings (SSSR count). The second kappa shape index (κ2) is 7.40. The Labute approximate surface area is 148 Å². The summed E-state index contributed by atoms with van der Waals surface area (Å²) in [7, 11) is 0. The van der Waals surface area contributed by atoms with Gasteiger partial charge in [0.2, 0.25) is 5.16 Å². The summed E-state index contributed by atoms with van der Waals surface area (Å²) in [5, 5.41) is 12.7. The number of benzene rings is 1. The van der Waals surface area contributed by atoms with Crippen LogP contribution in [-0.4, -0.2) is 48.2 Å². The summed E-state index contributed by atoms with van der Waals surface area (Å²) in [5.74, 6) is 0.845. The largest absolute Gasteiger partial charge is 0.376 e. The molecular formula is C16H20N6O2S. The molecule has 0 bridgehead atoms. The molecule has 9 heteroatoms. The second-order valence-electron chi connectivity index (χ2n) is 6.08. The highest BCUT2D eigenvalue weighted by atomic mass is 32.2. The van der Waals surface area contributed by atoms with E-state index in [1.165, 1.54) is 0 Å². The fraction of sp³-hybridized carbons (Fsp3) is 0.500. The topological polar surface area (TPSA) is 90.6 Å². The van der Waals surface area contributed by atoms with Gasteiger partial charge in [0.15, 0.2) is 0 Å². The molecule has 1 aliphatic heterocycles. The van der Waals surface area contributed by atoms with Crippen LogP contribution in [0.1, 0.15) is 19.3 Å². The van der Waals surface area contributed by atoms with Crippen molar-refractivity contribution < 1.29 is 4.74 Å². The molecule has 1 aromatic carbocycles. The van der Waals surface area contributed by atoms with Crippen molar-refractivity contribution in [2.24, 2.45) is 0 Å². The summed E-state index contributed by atoms with van der Waals surface area (Å²) in [4.78, 5) is 14.9. The van der Waals surface area contributed by atoms with Gasteiger partial charge in [0, 0.05) is 18.9 Å². The van der Waals surface area contributed by atoms with E-state index < -0.39 is 0 Å². The van der Waals surface area contributed by atoms with Crippen LogP contribution in [0.15, 0.2) is 34.2 Å². The van der Waals surface area contributed by atoms with E-state index in [-0.39, 0.29) is 11.8 Å². The van der Waals surface area contributed by atoms with Gasteiger partial charge in [-0.25, -0.2) is 9.48 Å². The SMILES string of the molecule is O=c1[nH]c2ccccc2n1CCCSc1nnnn1CC1CCCO1. The number of aromatic nitrogens is 6. The van der Waals surface area contributed by atoms with Crippen molar-refractivity contribution >= 4 is 22.8 Å². The van der Waals surface area contributed by atoms with Crippen LogP contribution in [0.4, 0.5) is 0 Å². The molecule has 1 unspecified atom stereocenters. The lowest BCUT2D eigenvalue weighted by Gasteiger charge is -2.10. The maximum Gasteiger partial charge on any atom is 0.326 e. The molecule has 0 aliphatic carbocycles. The molecule has 25 heavy (non-hydrogen) atoms. The number of thioether (sulfide) groups is 1. The van der Waals surface area contributed by atoms with E-state index in [0.717, 1.165) is 47.8 Å². The molecule has 1 fully saturated rings. The minimum absolute atomic E-state index is 0.0607. The highest BCUT2D eigenvalue weighted by Crippen LogP contribution is 2.19. The number of para-hydroxylation sites is 2. The average Bonchev–Trinajstić information content (AvgIpc) is 3.34. The van der Waals surface area contributed by atoms with Crippen LogP contribution in [0.5, 0.6) is 0 Å². The Balaban J connectivity index is 1.33. The number of fused-ring (bicyclic) bond motifs is 1. The van der Waals surface area contributed by atoms with Crippen molar-refractivity contribution in [1.82, 2.24) is 29.8 Å². The Hall–Kier alpha value is -2.13. The van der Waals surface area contributed by atoms with Crippen molar-refractivity contribution in [1.29, 1.82) is 0 Å². The first-order valence-corrected chi connectivity index (χ1v) is 9.48. The number of ether oxygens (including phenoxy) is 1. The zero-order valence-corrected chi connectivity index (χ0v) is 14.6. The first kappa shape index (κ1) is 16.3. The summed E-state index contributed by atoms with van der Waals surface area (Å²) < 4.78 is 9.24. The molecule has 0 saturated carbocycles.